The first-order chi connectivity index (χ1) is 8.17. The predicted octanol–water partition coefficient (Wildman–Crippen LogP) is 3.48. The van der Waals surface area contributed by atoms with Crippen molar-refractivity contribution < 1.29 is 0 Å². The second kappa shape index (κ2) is 7.40. The Hall–Kier alpha value is -0.940. The Balaban J connectivity index is 0.000000181. The van der Waals surface area contributed by atoms with Crippen LogP contribution in [0, 0.1) is 0 Å². The summed E-state index contributed by atoms with van der Waals surface area (Å²) in [5.41, 5.74) is 1.19. The maximum atomic E-state index is 4.37. The van der Waals surface area contributed by atoms with Crippen LogP contribution in [0.1, 0.15) is 24.5 Å². The zero-order valence-corrected chi connectivity index (χ0v) is 12.4. The Morgan fingerprint density at radius 3 is 2.24 bits per heavy atom. The zero-order valence-electron chi connectivity index (χ0n) is 10.8. The zero-order chi connectivity index (χ0) is 12.7. The van der Waals surface area contributed by atoms with Crippen molar-refractivity contribution in [3.05, 3.63) is 27.7 Å². The lowest BCUT2D eigenvalue weighted by molar-refractivity contribution is 1.02. The minimum atomic E-state index is 1.03. The average molecular weight is 269 g/mol. The summed E-state index contributed by atoms with van der Waals surface area (Å²) in [5, 5.41) is 6.42. The molecule has 5 heteroatoms. The van der Waals surface area contributed by atoms with Gasteiger partial charge >= 0.3 is 0 Å². The van der Waals surface area contributed by atoms with Crippen LogP contribution in [0.5, 0.6) is 0 Å². The van der Waals surface area contributed by atoms with Gasteiger partial charge in [0.05, 0.1) is 10.7 Å². The molecule has 0 saturated heterocycles. The SMILES string of the molecule is CCc1csc(N(C)C)n1.CCc1nccs1. The molecule has 0 aliphatic heterocycles. The lowest BCUT2D eigenvalue weighted by Crippen LogP contribution is -2.07. The number of thiazole rings is 2. The summed E-state index contributed by atoms with van der Waals surface area (Å²) in [6.45, 7) is 4.23. The van der Waals surface area contributed by atoms with Crippen molar-refractivity contribution in [1.82, 2.24) is 9.97 Å². The molecule has 0 unspecified atom stereocenters. The number of rotatable bonds is 3. The molecule has 0 saturated carbocycles. The highest BCUT2D eigenvalue weighted by Crippen LogP contribution is 2.17. The van der Waals surface area contributed by atoms with Gasteiger partial charge in [-0.1, -0.05) is 13.8 Å². The van der Waals surface area contributed by atoms with Crippen molar-refractivity contribution in [2.24, 2.45) is 0 Å². The molecule has 0 spiro atoms. The molecule has 0 aliphatic rings. The van der Waals surface area contributed by atoms with Gasteiger partial charge in [-0.2, -0.15) is 0 Å². The Morgan fingerprint density at radius 1 is 1.18 bits per heavy atom. The van der Waals surface area contributed by atoms with Crippen LogP contribution in [-0.4, -0.2) is 24.1 Å². The molecule has 0 radical (unpaired) electrons. The Labute approximate surface area is 111 Å². The van der Waals surface area contributed by atoms with Gasteiger partial charge in [-0.15, -0.1) is 22.7 Å². The third-order valence-electron chi connectivity index (χ3n) is 2.07. The highest BCUT2D eigenvalue weighted by atomic mass is 32.1. The van der Waals surface area contributed by atoms with E-state index in [1.54, 1.807) is 22.7 Å². The first-order valence-electron chi connectivity index (χ1n) is 5.67. The first kappa shape index (κ1) is 14.1. The van der Waals surface area contributed by atoms with Crippen LogP contribution < -0.4 is 4.90 Å². The number of aryl methyl sites for hydroxylation is 2. The largest absolute Gasteiger partial charge is 0.354 e. The number of hydrogen-bond donors (Lipinski definition) is 0. The summed E-state index contributed by atoms with van der Waals surface area (Å²) in [5.74, 6) is 0. The van der Waals surface area contributed by atoms with Gasteiger partial charge in [0.2, 0.25) is 0 Å². The number of aromatic nitrogens is 2. The Kier molecular flexibility index (Phi) is 6.15. The van der Waals surface area contributed by atoms with E-state index in [-0.39, 0.29) is 0 Å². The fourth-order valence-corrected chi connectivity index (χ4v) is 2.50. The van der Waals surface area contributed by atoms with Gasteiger partial charge < -0.3 is 4.90 Å². The van der Waals surface area contributed by atoms with Crippen LogP contribution in [0.3, 0.4) is 0 Å². The summed E-state index contributed by atoms with van der Waals surface area (Å²) in [7, 11) is 4.02. The molecule has 0 atom stereocenters. The smallest absolute Gasteiger partial charge is 0.184 e. The van der Waals surface area contributed by atoms with Crippen molar-refractivity contribution in [1.29, 1.82) is 0 Å². The molecule has 2 aromatic rings. The van der Waals surface area contributed by atoms with Crippen molar-refractivity contribution in [2.75, 3.05) is 19.0 Å². The van der Waals surface area contributed by atoms with Gasteiger partial charge in [-0.05, 0) is 12.8 Å². The third kappa shape index (κ3) is 4.83. The molecule has 0 aromatic carbocycles. The Bertz CT molecular complexity index is 407. The number of nitrogens with zero attached hydrogens (tertiary/aromatic N) is 3. The lowest BCUT2D eigenvalue weighted by Gasteiger charge is -2.04. The molecule has 2 rings (SSSR count). The monoisotopic (exact) mass is 269 g/mol. The summed E-state index contributed by atoms with van der Waals surface area (Å²) >= 11 is 3.41. The average Bonchev–Trinajstić information content (AvgIpc) is 3.01. The molecule has 2 heterocycles. The molecule has 0 N–H and O–H groups in total. The molecule has 0 bridgehead atoms. The van der Waals surface area contributed by atoms with Crippen LogP contribution in [0.4, 0.5) is 5.13 Å². The quantitative estimate of drug-likeness (QED) is 0.854. The fourth-order valence-electron chi connectivity index (χ4n) is 1.09. The van der Waals surface area contributed by atoms with Gasteiger partial charge in [-0.3, -0.25) is 0 Å². The fraction of sp³-hybridized carbons (Fsp3) is 0.500. The van der Waals surface area contributed by atoms with Crippen LogP contribution >= 0.6 is 22.7 Å². The molecule has 0 aliphatic carbocycles. The van der Waals surface area contributed by atoms with Crippen molar-refractivity contribution >= 4 is 27.8 Å². The van der Waals surface area contributed by atoms with Gasteiger partial charge in [-0.25, -0.2) is 9.97 Å². The summed E-state index contributed by atoms with van der Waals surface area (Å²) in [6, 6.07) is 0. The van der Waals surface area contributed by atoms with Crippen molar-refractivity contribution in [3.63, 3.8) is 0 Å². The Morgan fingerprint density at radius 2 is 1.94 bits per heavy atom. The standard InChI is InChI=1S/C7H12N2S.C5H7NS/c1-4-6-5-10-7(8-6)9(2)3;1-2-5-6-3-4-7-5/h5H,4H2,1-3H3;3-4H,2H2,1H3. The number of anilines is 1. The topological polar surface area (TPSA) is 29.0 Å². The van der Waals surface area contributed by atoms with Crippen LogP contribution in [0.2, 0.25) is 0 Å². The highest BCUT2D eigenvalue weighted by Gasteiger charge is 1.99. The molecule has 0 fully saturated rings. The molecular weight excluding hydrogens is 250 g/mol. The second-order valence-corrected chi connectivity index (χ2v) is 5.46. The van der Waals surface area contributed by atoms with E-state index in [9.17, 15) is 0 Å². The first-order valence-corrected chi connectivity index (χ1v) is 7.43. The normalized spacial score (nSPS) is 9.65. The molecule has 17 heavy (non-hydrogen) atoms. The highest BCUT2D eigenvalue weighted by molar-refractivity contribution is 7.13. The minimum absolute atomic E-state index is 1.03. The van der Waals surface area contributed by atoms with Crippen molar-refractivity contribution in [2.45, 2.75) is 26.7 Å². The lowest BCUT2D eigenvalue weighted by atomic mass is 10.4. The maximum absolute atomic E-state index is 4.37. The van der Waals surface area contributed by atoms with Crippen molar-refractivity contribution in [3.8, 4) is 0 Å². The third-order valence-corrected chi connectivity index (χ3v) is 4.05. The van der Waals surface area contributed by atoms with E-state index in [2.05, 4.69) is 29.2 Å². The van der Waals surface area contributed by atoms with E-state index in [0.717, 1.165) is 18.0 Å². The molecule has 3 nitrogen and oxygen atoms in total. The predicted molar refractivity (Wildman–Crippen MR) is 77.3 cm³/mol. The summed E-state index contributed by atoms with van der Waals surface area (Å²) in [6.07, 6.45) is 3.94. The number of hydrogen-bond acceptors (Lipinski definition) is 5. The molecule has 0 amide bonds. The minimum Gasteiger partial charge on any atom is -0.354 e. The molecular formula is C12H19N3S2. The van der Waals surface area contributed by atoms with E-state index >= 15 is 0 Å². The van der Waals surface area contributed by atoms with E-state index in [1.165, 1.54) is 10.7 Å². The maximum Gasteiger partial charge on any atom is 0.184 e. The van der Waals surface area contributed by atoms with E-state index in [1.807, 2.05) is 30.6 Å². The van der Waals surface area contributed by atoms with Crippen LogP contribution in [0.25, 0.3) is 0 Å². The van der Waals surface area contributed by atoms with Crippen LogP contribution in [-0.2, 0) is 12.8 Å². The van der Waals surface area contributed by atoms with Gasteiger partial charge in [0.15, 0.2) is 5.13 Å². The second-order valence-electron chi connectivity index (χ2n) is 3.65. The molecule has 2 aromatic heterocycles. The summed E-state index contributed by atoms with van der Waals surface area (Å²) in [4.78, 5) is 10.5. The molecule has 94 valence electrons. The van der Waals surface area contributed by atoms with Gasteiger partial charge in [0.1, 0.15) is 0 Å². The van der Waals surface area contributed by atoms with Gasteiger partial charge in [0.25, 0.3) is 0 Å². The van der Waals surface area contributed by atoms with Crippen LogP contribution in [0.15, 0.2) is 17.0 Å². The van der Waals surface area contributed by atoms with Gasteiger partial charge in [0, 0.05) is 31.1 Å². The van der Waals surface area contributed by atoms with E-state index < -0.39 is 0 Å². The summed E-state index contributed by atoms with van der Waals surface area (Å²) < 4.78 is 0. The van der Waals surface area contributed by atoms with E-state index in [4.69, 9.17) is 0 Å². The van der Waals surface area contributed by atoms with E-state index in [0.29, 0.717) is 0 Å².